The Morgan fingerprint density at radius 2 is 1.96 bits per heavy atom. The van der Waals surface area contributed by atoms with Crippen LogP contribution in [0.2, 0.25) is 0 Å². The predicted molar refractivity (Wildman–Crippen MR) is 83.4 cm³/mol. The molecule has 9 heteroatoms. The number of aromatic nitrogens is 8. The first kappa shape index (κ1) is 12.9. The average Bonchev–Trinajstić information content (AvgIpc) is 3.32. The Hall–Kier alpha value is -3.62. The van der Waals surface area contributed by atoms with Crippen molar-refractivity contribution >= 4 is 16.7 Å². The summed E-state index contributed by atoms with van der Waals surface area (Å²) in [6.07, 6.45) is 3.23. The molecule has 0 saturated carbocycles. The minimum Gasteiger partial charge on any atom is -0.274 e. The average molecular weight is 320 g/mol. The van der Waals surface area contributed by atoms with Crippen LogP contribution >= 0.6 is 0 Å². The van der Waals surface area contributed by atoms with Crippen LogP contribution in [0.5, 0.6) is 0 Å². The van der Waals surface area contributed by atoms with E-state index in [0.29, 0.717) is 28.5 Å². The predicted octanol–water partition coefficient (Wildman–Crippen LogP) is 2.20. The van der Waals surface area contributed by atoms with E-state index >= 15 is 0 Å². The van der Waals surface area contributed by atoms with Crippen molar-refractivity contribution in [2.45, 2.75) is 0 Å². The molecular formula is C15H9FN8. The number of H-pyrrole nitrogens is 2. The molecule has 4 heterocycles. The standard InChI is InChI=1S/C15H9FN8/c16-9-3-1-8(2-4-9)11-5-12(21-20-11)14-19-15-10-6-18-22-13(10)17-7-24(15)23-14/h1-7H,(H,18,22)(H,20,21). The van der Waals surface area contributed by atoms with Gasteiger partial charge >= 0.3 is 0 Å². The van der Waals surface area contributed by atoms with Gasteiger partial charge in [0.15, 0.2) is 17.1 Å². The van der Waals surface area contributed by atoms with Crippen molar-refractivity contribution in [1.29, 1.82) is 0 Å². The molecule has 0 aliphatic heterocycles. The van der Waals surface area contributed by atoms with Crippen molar-refractivity contribution in [3.05, 3.63) is 48.7 Å². The van der Waals surface area contributed by atoms with Gasteiger partial charge in [0.25, 0.3) is 0 Å². The van der Waals surface area contributed by atoms with Crippen LogP contribution < -0.4 is 0 Å². The van der Waals surface area contributed by atoms with E-state index in [1.54, 1.807) is 29.2 Å². The zero-order valence-electron chi connectivity index (χ0n) is 12.1. The first-order chi connectivity index (χ1) is 11.8. The molecule has 2 N–H and O–H groups in total. The van der Waals surface area contributed by atoms with E-state index in [9.17, 15) is 4.39 Å². The highest BCUT2D eigenvalue weighted by Crippen LogP contribution is 2.23. The second-order valence-electron chi connectivity index (χ2n) is 5.25. The van der Waals surface area contributed by atoms with Crippen molar-refractivity contribution in [2.24, 2.45) is 0 Å². The van der Waals surface area contributed by atoms with E-state index in [2.05, 4.69) is 35.5 Å². The molecule has 1 aromatic carbocycles. The van der Waals surface area contributed by atoms with E-state index in [4.69, 9.17) is 0 Å². The lowest BCUT2D eigenvalue weighted by molar-refractivity contribution is 0.628. The Morgan fingerprint density at radius 3 is 2.83 bits per heavy atom. The maximum Gasteiger partial charge on any atom is 0.200 e. The van der Waals surface area contributed by atoms with Crippen LogP contribution in [0.3, 0.4) is 0 Å². The van der Waals surface area contributed by atoms with Crippen molar-refractivity contribution in [2.75, 3.05) is 0 Å². The third kappa shape index (κ3) is 1.88. The zero-order valence-corrected chi connectivity index (χ0v) is 12.1. The summed E-state index contributed by atoms with van der Waals surface area (Å²) < 4.78 is 14.6. The molecule has 24 heavy (non-hydrogen) atoms. The molecule has 0 fully saturated rings. The van der Waals surface area contributed by atoms with Crippen molar-refractivity contribution in [3.8, 4) is 22.8 Å². The van der Waals surface area contributed by atoms with Gasteiger partial charge in [-0.2, -0.15) is 10.2 Å². The quantitative estimate of drug-likeness (QED) is 0.519. The topological polar surface area (TPSA) is 100 Å². The zero-order chi connectivity index (χ0) is 16.1. The van der Waals surface area contributed by atoms with Gasteiger partial charge < -0.3 is 0 Å². The van der Waals surface area contributed by atoms with Crippen LogP contribution in [-0.4, -0.2) is 40.0 Å². The molecule has 0 atom stereocenters. The Labute approximate surface area is 133 Å². The Morgan fingerprint density at radius 1 is 1.08 bits per heavy atom. The molecule has 116 valence electrons. The van der Waals surface area contributed by atoms with Crippen LogP contribution in [0.15, 0.2) is 42.9 Å². The number of nitrogens with zero attached hydrogens (tertiary/aromatic N) is 6. The van der Waals surface area contributed by atoms with Gasteiger partial charge in [0.1, 0.15) is 17.8 Å². The number of hydrogen-bond acceptors (Lipinski definition) is 5. The summed E-state index contributed by atoms with van der Waals surface area (Å²) in [6.45, 7) is 0. The van der Waals surface area contributed by atoms with E-state index in [1.165, 1.54) is 12.1 Å². The molecule has 0 radical (unpaired) electrons. The number of halogens is 1. The van der Waals surface area contributed by atoms with Gasteiger partial charge in [-0.15, -0.1) is 5.10 Å². The SMILES string of the molecule is Fc1ccc(-c2cc(-c3nc4c5cn[nH]c5ncn4n3)[nH]n2)cc1. The maximum atomic E-state index is 13.0. The summed E-state index contributed by atoms with van der Waals surface area (Å²) in [5, 5.41) is 19.1. The van der Waals surface area contributed by atoms with Gasteiger partial charge in [0.2, 0.25) is 0 Å². The minimum atomic E-state index is -0.284. The lowest BCUT2D eigenvalue weighted by atomic mass is 10.1. The summed E-state index contributed by atoms with van der Waals surface area (Å²) in [4.78, 5) is 8.74. The maximum absolute atomic E-state index is 13.0. The summed E-state index contributed by atoms with van der Waals surface area (Å²) in [5.74, 6) is 0.208. The van der Waals surface area contributed by atoms with Gasteiger partial charge in [-0.1, -0.05) is 0 Å². The lowest BCUT2D eigenvalue weighted by Gasteiger charge is -1.94. The number of fused-ring (bicyclic) bond motifs is 3. The number of hydrogen-bond donors (Lipinski definition) is 2. The lowest BCUT2D eigenvalue weighted by Crippen LogP contribution is -1.89. The van der Waals surface area contributed by atoms with Crippen molar-refractivity contribution in [3.63, 3.8) is 0 Å². The summed E-state index contributed by atoms with van der Waals surface area (Å²) in [7, 11) is 0. The molecule has 4 aromatic heterocycles. The molecule has 5 aromatic rings. The summed E-state index contributed by atoms with van der Waals surface area (Å²) >= 11 is 0. The molecule has 0 unspecified atom stereocenters. The van der Waals surface area contributed by atoms with E-state index in [1.807, 2.05) is 6.07 Å². The number of rotatable bonds is 2. The third-order valence-corrected chi connectivity index (χ3v) is 3.75. The fourth-order valence-electron chi connectivity index (χ4n) is 2.56. The van der Waals surface area contributed by atoms with E-state index < -0.39 is 0 Å². The van der Waals surface area contributed by atoms with Gasteiger partial charge in [0, 0.05) is 5.56 Å². The van der Waals surface area contributed by atoms with Gasteiger partial charge in [0.05, 0.1) is 17.3 Å². The third-order valence-electron chi connectivity index (χ3n) is 3.75. The van der Waals surface area contributed by atoms with Crippen LogP contribution in [0.1, 0.15) is 0 Å². The first-order valence-electron chi connectivity index (χ1n) is 7.14. The van der Waals surface area contributed by atoms with E-state index in [0.717, 1.165) is 10.9 Å². The van der Waals surface area contributed by atoms with E-state index in [-0.39, 0.29) is 5.82 Å². The fourth-order valence-corrected chi connectivity index (χ4v) is 2.56. The second kappa shape index (κ2) is 4.69. The number of aromatic amines is 2. The normalized spacial score (nSPS) is 11.5. The van der Waals surface area contributed by atoms with Crippen LogP contribution in [0.4, 0.5) is 4.39 Å². The molecule has 8 nitrogen and oxygen atoms in total. The number of benzene rings is 1. The highest BCUT2D eigenvalue weighted by Gasteiger charge is 2.13. The van der Waals surface area contributed by atoms with Gasteiger partial charge in [-0.3, -0.25) is 10.2 Å². The molecule has 0 amide bonds. The van der Waals surface area contributed by atoms with Gasteiger partial charge in [-0.05, 0) is 30.3 Å². The Bertz CT molecular complexity index is 1170. The largest absolute Gasteiger partial charge is 0.274 e. The Balaban J connectivity index is 1.61. The monoisotopic (exact) mass is 320 g/mol. The highest BCUT2D eigenvalue weighted by molar-refractivity contribution is 5.88. The second-order valence-corrected chi connectivity index (χ2v) is 5.25. The number of nitrogens with one attached hydrogen (secondary N) is 2. The smallest absolute Gasteiger partial charge is 0.200 e. The van der Waals surface area contributed by atoms with Crippen LogP contribution in [0, 0.1) is 5.82 Å². The van der Waals surface area contributed by atoms with Crippen LogP contribution in [0.25, 0.3) is 39.5 Å². The molecular weight excluding hydrogens is 311 g/mol. The minimum absolute atomic E-state index is 0.284. The summed E-state index contributed by atoms with van der Waals surface area (Å²) in [6, 6.07) is 7.96. The molecule has 0 aliphatic rings. The molecule has 0 aliphatic carbocycles. The highest BCUT2D eigenvalue weighted by atomic mass is 19.1. The first-order valence-corrected chi connectivity index (χ1v) is 7.14. The van der Waals surface area contributed by atoms with Gasteiger partial charge in [-0.25, -0.2) is 18.9 Å². The van der Waals surface area contributed by atoms with Crippen molar-refractivity contribution in [1.82, 2.24) is 40.0 Å². The summed E-state index contributed by atoms with van der Waals surface area (Å²) in [5.41, 5.74) is 3.46. The molecule has 0 bridgehead atoms. The Kier molecular flexibility index (Phi) is 2.51. The molecule has 0 saturated heterocycles. The van der Waals surface area contributed by atoms with Crippen LogP contribution in [-0.2, 0) is 0 Å². The van der Waals surface area contributed by atoms with Crippen molar-refractivity contribution < 1.29 is 4.39 Å². The molecule has 5 rings (SSSR count). The fraction of sp³-hybridized carbons (Fsp3) is 0. The molecule has 0 spiro atoms.